The molecule has 0 spiro atoms. The Morgan fingerprint density at radius 3 is 2.20 bits per heavy atom. The van der Waals surface area contributed by atoms with Gasteiger partial charge in [-0.1, -0.05) is 30.3 Å². The molecule has 25 heavy (non-hydrogen) atoms. The maximum absolute atomic E-state index is 11.4. The van der Waals surface area contributed by atoms with Crippen LogP contribution >= 0.6 is 0 Å². The molecule has 0 unspecified atom stereocenters. The van der Waals surface area contributed by atoms with Gasteiger partial charge in [0.15, 0.2) is 0 Å². The summed E-state index contributed by atoms with van der Waals surface area (Å²) in [5.74, 6) is 0.557. The van der Waals surface area contributed by atoms with Gasteiger partial charge in [-0.15, -0.1) is 0 Å². The maximum atomic E-state index is 11.4. The molecule has 2 aromatic carbocycles. The average molecular weight is 341 g/mol. The lowest BCUT2D eigenvalue weighted by Gasteiger charge is -2.41. The third-order valence-corrected chi connectivity index (χ3v) is 4.54. The van der Waals surface area contributed by atoms with Crippen molar-refractivity contribution in [1.82, 2.24) is 4.90 Å². The fourth-order valence-corrected chi connectivity index (χ4v) is 3.14. The van der Waals surface area contributed by atoms with E-state index in [0.29, 0.717) is 31.7 Å². The number of primary amides is 1. The second kappa shape index (κ2) is 6.80. The lowest BCUT2D eigenvalue weighted by Crippen LogP contribution is -2.49. The van der Waals surface area contributed by atoms with Crippen LogP contribution in [0.3, 0.4) is 0 Å². The van der Waals surface area contributed by atoms with Crippen molar-refractivity contribution in [2.75, 3.05) is 13.1 Å². The zero-order valence-electron chi connectivity index (χ0n) is 13.6. The Balaban J connectivity index is 1.87. The molecule has 3 rings (SSSR count). The molecule has 0 atom stereocenters. The molecule has 0 aromatic heterocycles. The summed E-state index contributed by atoms with van der Waals surface area (Å²) < 4.78 is 6.29. The molecule has 1 heterocycles. The smallest absolute Gasteiger partial charge is 0.314 e. The van der Waals surface area contributed by atoms with E-state index in [1.165, 1.54) is 12.1 Å². The van der Waals surface area contributed by atoms with Gasteiger partial charge in [-0.2, -0.15) is 0 Å². The highest BCUT2D eigenvalue weighted by Gasteiger charge is 2.39. The Bertz CT molecular complexity index is 754. The molecule has 130 valence electrons. The van der Waals surface area contributed by atoms with E-state index in [4.69, 9.17) is 10.5 Å². The minimum Gasteiger partial charge on any atom is -0.482 e. The highest BCUT2D eigenvalue weighted by molar-refractivity contribution is 5.72. The van der Waals surface area contributed by atoms with Crippen LogP contribution in [0.25, 0.3) is 0 Å². The largest absolute Gasteiger partial charge is 0.482 e. The molecular formula is C18H19N3O4. The molecule has 0 saturated carbocycles. The number of nitro benzene ring substituents is 1. The van der Waals surface area contributed by atoms with Crippen LogP contribution in [0.5, 0.6) is 5.75 Å². The third-order valence-electron chi connectivity index (χ3n) is 4.54. The van der Waals surface area contributed by atoms with Crippen molar-refractivity contribution in [2.24, 2.45) is 5.73 Å². The molecule has 1 fully saturated rings. The molecule has 2 amide bonds. The van der Waals surface area contributed by atoms with Gasteiger partial charge in [-0.3, -0.25) is 10.1 Å². The van der Waals surface area contributed by atoms with Crippen LogP contribution in [0.4, 0.5) is 10.5 Å². The maximum Gasteiger partial charge on any atom is 0.314 e. The van der Waals surface area contributed by atoms with Crippen molar-refractivity contribution in [3.8, 4) is 5.75 Å². The monoisotopic (exact) mass is 341 g/mol. The van der Waals surface area contributed by atoms with Gasteiger partial charge < -0.3 is 15.4 Å². The summed E-state index contributed by atoms with van der Waals surface area (Å²) in [4.78, 5) is 23.4. The van der Waals surface area contributed by atoms with Gasteiger partial charge in [0.25, 0.3) is 5.69 Å². The first-order valence-electron chi connectivity index (χ1n) is 8.04. The van der Waals surface area contributed by atoms with Gasteiger partial charge in [0.1, 0.15) is 11.4 Å². The molecule has 0 radical (unpaired) electrons. The summed E-state index contributed by atoms with van der Waals surface area (Å²) in [5, 5.41) is 10.8. The molecule has 1 aliphatic heterocycles. The SMILES string of the molecule is NC(=O)N1CCC(Oc2ccc([N+](=O)[O-])cc2)(c2ccccc2)CC1. The fraction of sp³-hybridized carbons (Fsp3) is 0.278. The summed E-state index contributed by atoms with van der Waals surface area (Å²) in [6, 6.07) is 15.4. The number of hydrogen-bond donors (Lipinski definition) is 1. The first-order chi connectivity index (χ1) is 12.0. The van der Waals surface area contributed by atoms with E-state index in [0.717, 1.165) is 5.56 Å². The number of nitrogens with two attached hydrogens (primary N) is 1. The molecule has 7 heteroatoms. The molecule has 2 N–H and O–H groups in total. The standard InChI is InChI=1S/C18H19N3O4/c19-17(22)20-12-10-18(11-13-20,14-4-2-1-3-5-14)25-16-8-6-15(7-9-16)21(23)24/h1-9H,10-13H2,(H2,19,22). The van der Waals surface area contributed by atoms with E-state index in [2.05, 4.69) is 0 Å². The zero-order chi connectivity index (χ0) is 17.9. The molecule has 7 nitrogen and oxygen atoms in total. The van der Waals surface area contributed by atoms with Crippen molar-refractivity contribution < 1.29 is 14.5 Å². The van der Waals surface area contributed by atoms with E-state index in [9.17, 15) is 14.9 Å². The number of non-ortho nitro benzene ring substituents is 1. The van der Waals surface area contributed by atoms with Crippen LogP contribution in [0.15, 0.2) is 54.6 Å². The molecule has 2 aromatic rings. The Morgan fingerprint density at radius 2 is 1.68 bits per heavy atom. The van der Waals surface area contributed by atoms with Crippen LogP contribution < -0.4 is 10.5 Å². The second-order valence-electron chi connectivity index (χ2n) is 6.04. The Kier molecular flexibility index (Phi) is 4.56. The van der Waals surface area contributed by atoms with Gasteiger partial charge in [-0.05, 0) is 17.7 Å². The number of urea groups is 1. The first-order valence-corrected chi connectivity index (χ1v) is 8.04. The number of carbonyl (C=O) groups excluding carboxylic acids is 1. The topological polar surface area (TPSA) is 98.7 Å². The van der Waals surface area contributed by atoms with Crippen molar-refractivity contribution in [1.29, 1.82) is 0 Å². The first kappa shape index (κ1) is 16.8. The van der Waals surface area contributed by atoms with Gasteiger partial charge in [0.05, 0.1) is 4.92 Å². The lowest BCUT2D eigenvalue weighted by atomic mass is 9.84. The van der Waals surface area contributed by atoms with Crippen LogP contribution in [0, 0.1) is 10.1 Å². The fourth-order valence-electron chi connectivity index (χ4n) is 3.14. The van der Waals surface area contributed by atoms with Gasteiger partial charge in [0, 0.05) is 38.1 Å². The summed E-state index contributed by atoms with van der Waals surface area (Å²) >= 11 is 0. The molecule has 1 aliphatic rings. The minimum atomic E-state index is -0.594. The second-order valence-corrected chi connectivity index (χ2v) is 6.04. The number of hydrogen-bond acceptors (Lipinski definition) is 4. The average Bonchev–Trinajstić information content (AvgIpc) is 2.63. The number of rotatable bonds is 4. The van der Waals surface area contributed by atoms with Gasteiger partial charge in [0.2, 0.25) is 0 Å². The van der Waals surface area contributed by atoms with Crippen molar-refractivity contribution in [2.45, 2.75) is 18.4 Å². The van der Waals surface area contributed by atoms with E-state index in [1.54, 1.807) is 17.0 Å². The molecule has 0 bridgehead atoms. The van der Waals surface area contributed by atoms with Gasteiger partial charge >= 0.3 is 6.03 Å². The summed E-state index contributed by atoms with van der Waals surface area (Å²) in [6.07, 6.45) is 1.19. The van der Waals surface area contributed by atoms with Crippen molar-refractivity contribution >= 4 is 11.7 Å². The predicted octanol–water partition coefficient (Wildman–Crippen LogP) is 3.04. The Morgan fingerprint density at radius 1 is 1.08 bits per heavy atom. The number of benzene rings is 2. The number of likely N-dealkylation sites (tertiary alicyclic amines) is 1. The lowest BCUT2D eigenvalue weighted by molar-refractivity contribution is -0.384. The Labute approximate surface area is 145 Å². The zero-order valence-corrected chi connectivity index (χ0v) is 13.6. The summed E-state index contributed by atoms with van der Waals surface area (Å²) in [7, 11) is 0. The van der Waals surface area contributed by atoms with Crippen LogP contribution in [0.2, 0.25) is 0 Å². The Hall–Kier alpha value is -3.09. The van der Waals surface area contributed by atoms with Crippen LogP contribution in [-0.2, 0) is 5.60 Å². The van der Waals surface area contributed by atoms with Crippen LogP contribution in [0.1, 0.15) is 18.4 Å². The number of ether oxygens (including phenoxy) is 1. The van der Waals surface area contributed by atoms with Crippen molar-refractivity contribution in [3.63, 3.8) is 0 Å². The highest BCUT2D eigenvalue weighted by Crippen LogP contribution is 2.38. The number of piperidine rings is 1. The van der Waals surface area contributed by atoms with E-state index in [-0.39, 0.29) is 5.69 Å². The quantitative estimate of drug-likeness (QED) is 0.682. The predicted molar refractivity (Wildman–Crippen MR) is 92.2 cm³/mol. The molecular weight excluding hydrogens is 322 g/mol. The number of nitrogens with zero attached hydrogens (tertiary/aromatic N) is 2. The van der Waals surface area contributed by atoms with Gasteiger partial charge in [-0.25, -0.2) is 4.79 Å². The van der Waals surface area contributed by atoms with Crippen LogP contribution in [-0.4, -0.2) is 28.9 Å². The number of amides is 2. The summed E-state index contributed by atoms with van der Waals surface area (Å²) in [5.41, 5.74) is 5.81. The molecule has 1 saturated heterocycles. The normalized spacial score (nSPS) is 16.2. The van der Waals surface area contributed by atoms with E-state index < -0.39 is 16.6 Å². The number of carbonyl (C=O) groups is 1. The number of nitro groups is 1. The third kappa shape index (κ3) is 3.55. The van der Waals surface area contributed by atoms with E-state index in [1.807, 2.05) is 30.3 Å². The summed E-state index contributed by atoms with van der Waals surface area (Å²) in [6.45, 7) is 0.994. The van der Waals surface area contributed by atoms with Crippen molar-refractivity contribution in [3.05, 3.63) is 70.3 Å². The van der Waals surface area contributed by atoms with E-state index >= 15 is 0 Å². The minimum absolute atomic E-state index is 0.0182. The highest BCUT2D eigenvalue weighted by atomic mass is 16.6. The molecule has 0 aliphatic carbocycles.